The van der Waals surface area contributed by atoms with Crippen LogP contribution in [0.3, 0.4) is 0 Å². The molecule has 1 aliphatic rings. The van der Waals surface area contributed by atoms with E-state index in [1.807, 2.05) is 25.1 Å². The Balaban J connectivity index is 2.05. The van der Waals surface area contributed by atoms with E-state index in [4.69, 9.17) is 15.0 Å². The van der Waals surface area contributed by atoms with Gasteiger partial charge in [0.15, 0.2) is 0 Å². The number of rotatable bonds is 3. The van der Waals surface area contributed by atoms with Crippen LogP contribution < -0.4 is 16.0 Å². The van der Waals surface area contributed by atoms with E-state index in [9.17, 15) is 0 Å². The average molecular weight is 244 g/mol. The Morgan fingerprint density at radius 3 is 3.00 bits per heavy atom. The van der Waals surface area contributed by atoms with Crippen LogP contribution in [0.5, 0.6) is 5.75 Å². The van der Waals surface area contributed by atoms with Crippen molar-refractivity contribution < 1.29 is 9.15 Å². The lowest BCUT2D eigenvalue weighted by Gasteiger charge is -2.17. The molecule has 3 rings (SSSR count). The molecule has 0 fully saturated rings. The molecule has 1 aromatic heterocycles. The van der Waals surface area contributed by atoms with Gasteiger partial charge in [0.1, 0.15) is 11.5 Å². The van der Waals surface area contributed by atoms with Gasteiger partial charge in [-0.3, -0.25) is 5.84 Å². The number of nitrogens with one attached hydrogen (secondary N) is 1. The van der Waals surface area contributed by atoms with Crippen LogP contribution >= 0.6 is 0 Å². The second-order valence-corrected chi connectivity index (χ2v) is 4.52. The van der Waals surface area contributed by atoms with Crippen molar-refractivity contribution in [1.29, 1.82) is 0 Å². The third kappa shape index (κ3) is 1.79. The largest absolute Gasteiger partial charge is 0.493 e. The second kappa shape index (κ2) is 4.48. The van der Waals surface area contributed by atoms with Gasteiger partial charge in [0.25, 0.3) is 0 Å². The van der Waals surface area contributed by atoms with E-state index in [-0.39, 0.29) is 6.04 Å². The van der Waals surface area contributed by atoms with Crippen LogP contribution in [0.2, 0.25) is 0 Å². The molecular weight excluding hydrogens is 228 g/mol. The molecule has 4 heteroatoms. The molecule has 4 nitrogen and oxygen atoms in total. The van der Waals surface area contributed by atoms with Gasteiger partial charge in [-0.25, -0.2) is 5.43 Å². The molecule has 0 saturated carbocycles. The molecule has 18 heavy (non-hydrogen) atoms. The maximum atomic E-state index is 5.71. The Morgan fingerprint density at radius 1 is 1.39 bits per heavy atom. The lowest BCUT2D eigenvalue weighted by atomic mass is 9.98. The molecule has 94 valence electrons. The average Bonchev–Trinajstić information content (AvgIpc) is 2.99. The van der Waals surface area contributed by atoms with E-state index >= 15 is 0 Å². The minimum absolute atomic E-state index is 0.101. The van der Waals surface area contributed by atoms with Gasteiger partial charge < -0.3 is 9.15 Å². The molecule has 2 heterocycles. The highest BCUT2D eigenvalue weighted by molar-refractivity contribution is 5.48. The summed E-state index contributed by atoms with van der Waals surface area (Å²) in [5, 5.41) is 0. The summed E-state index contributed by atoms with van der Waals surface area (Å²) < 4.78 is 11.1. The predicted molar refractivity (Wildman–Crippen MR) is 68.3 cm³/mol. The second-order valence-electron chi connectivity index (χ2n) is 4.52. The number of aryl methyl sites for hydroxylation is 1. The number of nitrogens with two attached hydrogens (primary N) is 1. The zero-order chi connectivity index (χ0) is 12.5. The van der Waals surface area contributed by atoms with Gasteiger partial charge in [0.05, 0.1) is 18.9 Å². The number of benzene rings is 1. The Morgan fingerprint density at radius 2 is 2.28 bits per heavy atom. The number of hydrogen-bond donors (Lipinski definition) is 2. The molecule has 0 saturated heterocycles. The maximum Gasteiger partial charge on any atom is 0.127 e. The lowest BCUT2D eigenvalue weighted by Crippen LogP contribution is -2.28. The highest BCUT2D eigenvalue weighted by Gasteiger charge is 2.23. The normalized spacial score (nSPS) is 15.2. The van der Waals surface area contributed by atoms with Gasteiger partial charge in [-0.1, -0.05) is 18.2 Å². The van der Waals surface area contributed by atoms with E-state index in [0.717, 1.165) is 35.7 Å². The fraction of sp³-hybridized carbons (Fsp3) is 0.286. The quantitative estimate of drug-likeness (QED) is 0.641. The molecule has 0 bridgehead atoms. The molecule has 1 aliphatic heterocycles. The molecule has 1 unspecified atom stereocenters. The van der Waals surface area contributed by atoms with E-state index in [2.05, 4.69) is 11.5 Å². The Hall–Kier alpha value is -1.78. The van der Waals surface area contributed by atoms with Gasteiger partial charge in [-0.05, 0) is 18.6 Å². The van der Waals surface area contributed by atoms with Crippen LogP contribution in [0.25, 0.3) is 0 Å². The molecule has 0 spiro atoms. The van der Waals surface area contributed by atoms with Crippen LogP contribution in [0, 0.1) is 6.92 Å². The number of fused-ring (bicyclic) bond motifs is 1. The minimum atomic E-state index is -0.101. The first-order valence-electron chi connectivity index (χ1n) is 6.05. The Bertz CT molecular complexity index is 563. The molecule has 2 aromatic rings. The lowest BCUT2D eigenvalue weighted by molar-refractivity contribution is 0.350. The fourth-order valence-electron chi connectivity index (χ4n) is 2.45. The first-order valence-corrected chi connectivity index (χ1v) is 6.05. The van der Waals surface area contributed by atoms with E-state index in [0.29, 0.717) is 0 Å². The van der Waals surface area contributed by atoms with Gasteiger partial charge in [-0.2, -0.15) is 0 Å². The van der Waals surface area contributed by atoms with Gasteiger partial charge >= 0.3 is 0 Å². The summed E-state index contributed by atoms with van der Waals surface area (Å²) in [5.41, 5.74) is 6.16. The van der Waals surface area contributed by atoms with Crippen LogP contribution in [-0.2, 0) is 6.42 Å². The summed E-state index contributed by atoms with van der Waals surface area (Å²) in [5.74, 6) is 7.52. The van der Waals surface area contributed by atoms with Crippen molar-refractivity contribution in [2.45, 2.75) is 19.4 Å². The van der Waals surface area contributed by atoms with Crippen LogP contribution in [0.4, 0.5) is 0 Å². The van der Waals surface area contributed by atoms with Crippen LogP contribution in [0.1, 0.15) is 28.5 Å². The summed E-state index contributed by atoms with van der Waals surface area (Å²) in [6, 6.07) is 8.06. The standard InChI is InChI=1S/C14H16N2O2/c1-9-7-11(8-18-9)13(16-15)12-4-2-3-10-5-6-17-14(10)12/h2-4,7-8,13,16H,5-6,15H2,1H3. The van der Waals surface area contributed by atoms with E-state index in [1.165, 1.54) is 5.56 Å². The molecule has 0 aliphatic carbocycles. The minimum Gasteiger partial charge on any atom is -0.493 e. The molecule has 1 atom stereocenters. The number of ether oxygens (including phenoxy) is 1. The molecule has 3 N–H and O–H groups in total. The van der Waals surface area contributed by atoms with Crippen molar-refractivity contribution in [2.75, 3.05) is 6.61 Å². The maximum absolute atomic E-state index is 5.71. The third-order valence-corrected chi connectivity index (χ3v) is 3.31. The fourth-order valence-corrected chi connectivity index (χ4v) is 2.45. The SMILES string of the molecule is Cc1cc(C(NN)c2cccc3c2OCC3)co1. The molecule has 0 amide bonds. The van der Waals surface area contributed by atoms with Crippen molar-refractivity contribution in [2.24, 2.45) is 5.84 Å². The van der Waals surface area contributed by atoms with Crippen molar-refractivity contribution in [3.05, 3.63) is 53.0 Å². The third-order valence-electron chi connectivity index (χ3n) is 3.31. The summed E-state index contributed by atoms with van der Waals surface area (Å²) >= 11 is 0. The van der Waals surface area contributed by atoms with Crippen molar-refractivity contribution >= 4 is 0 Å². The highest BCUT2D eigenvalue weighted by Crippen LogP contribution is 2.36. The molecule has 1 aromatic carbocycles. The predicted octanol–water partition coefficient (Wildman–Crippen LogP) is 2.08. The topological polar surface area (TPSA) is 60.4 Å². The smallest absolute Gasteiger partial charge is 0.127 e. The summed E-state index contributed by atoms with van der Waals surface area (Å²) in [6.07, 6.45) is 2.69. The van der Waals surface area contributed by atoms with Gasteiger partial charge in [-0.15, -0.1) is 0 Å². The van der Waals surface area contributed by atoms with Crippen LogP contribution in [-0.4, -0.2) is 6.61 Å². The highest BCUT2D eigenvalue weighted by atomic mass is 16.5. The van der Waals surface area contributed by atoms with Gasteiger partial charge in [0, 0.05) is 17.5 Å². The first kappa shape index (κ1) is 11.3. The molecule has 0 radical (unpaired) electrons. The van der Waals surface area contributed by atoms with Crippen molar-refractivity contribution in [1.82, 2.24) is 5.43 Å². The zero-order valence-corrected chi connectivity index (χ0v) is 10.3. The summed E-state index contributed by atoms with van der Waals surface area (Å²) in [7, 11) is 0. The number of hydrazine groups is 1. The number of hydrogen-bond acceptors (Lipinski definition) is 4. The number of para-hydroxylation sites is 1. The van der Waals surface area contributed by atoms with E-state index in [1.54, 1.807) is 6.26 Å². The van der Waals surface area contributed by atoms with Crippen molar-refractivity contribution in [3.8, 4) is 5.75 Å². The van der Waals surface area contributed by atoms with Crippen LogP contribution in [0.15, 0.2) is 34.9 Å². The van der Waals surface area contributed by atoms with Crippen molar-refractivity contribution in [3.63, 3.8) is 0 Å². The monoisotopic (exact) mass is 244 g/mol. The Labute approximate surface area is 106 Å². The van der Waals surface area contributed by atoms with E-state index < -0.39 is 0 Å². The summed E-state index contributed by atoms with van der Waals surface area (Å²) in [4.78, 5) is 0. The Kier molecular flexibility index (Phi) is 2.81. The first-order chi connectivity index (χ1) is 8.79. The summed E-state index contributed by atoms with van der Waals surface area (Å²) in [6.45, 7) is 2.66. The number of furan rings is 1. The van der Waals surface area contributed by atoms with Gasteiger partial charge in [0.2, 0.25) is 0 Å². The zero-order valence-electron chi connectivity index (χ0n) is 10.3. The molecular formula is C14H16N2O2.